The highest BCUT2D eigenvalue weighted by atomic mass is 16.5. The van der Waals surface area contributed by atoms with Crippen LogP contribution in [0.3, 0.4) is 0 Å². The van der Waals surface area contributed by atoms with Gasteiger partial charge in [-0.25, -0.2) is 0 Å². The van der Waals surface area contributed by atoms with Crippen LogP contribution in [0.15, 0.2) is 54.6 Å². The summed E-state index contributed by atoms with van der Waals surface area (Å²) >= 11 is 0. The number of hydrogen-bond acceptors (Lipinski definition) is 2. The van der Waals surface area contributed by atoms with Gasteiger partial charge in [-0.1, -0.05) is 57.5 Å². The molecule has 26 heavy (non-hydrogen) atoms. The Kier molecular flexibility index (Phi) is 8.70. The standard InChI is InChI=1S/C24H35NO/c1-4-24(3,5-2)20-26-18-11-7-8-13-21-14-12-17-23(19-21)25-22-15-9-6-10-16-22/h6,9-10,12,14-17,19,25H,4-5,7-8,11,13,18,20H2,1-3H3. The minimum Gasteiger partial charge on any atom is -0.381 e. The van der Waals surface area contributed by atoms with Crippen molar-refractivity contribution in [3.05, 3.63) is 60.2 Å². The Morgan fingerprint density at radius 1 is 0.846 bits per heavy atom. The van der Waals surface area contributed by atoms with Crippen molar-refractivity contribution in [2.75, 3.05) is 18.5 Å². The Bertz CT molecular complexity index is 619. The third-order valence-corrected chi connectivity index (χ3v) is 5.40. The second kappa shape index (κ2) is 11.0. The molecule has 142 valence electrons. The SMILES string of the molecule is CCC(C)(CC)COCCCCCc1cccc(Nc2ccccc2)c1. The molecule has 0 heterocycles. The lowest BCUT2D eigenvalue weighted by Gasteiger charge is -2.26. The highest BCUT2D eigenvalue weighted by Crippen LogP contribution is 2.25. The van der Waals surface area contributed by atoms with Gasteiger partial charge in [-0.05, 0) is 67.3 Å². The molecule has 2 aromatic carbocycles. The van der Waals surface area contributed by atoms with Crippen LogP contribution in [0.2, 0.25) is 0 Å². The predicted molar refractivity (Wildman–Crippen MR) is 113 cm³/mol. The summed E-state index contributed by atoms with van der Waals surface area (Å²) in [5, 5.41) is 3.47. The number of benzene rings is 2. The first kappa shape index (κ1) is 20.5. The van der Waals surface area contributed by atoms with E-state index in [1.54, 1.807) is 0 Å². The molecule has 0 saturated carbocycles. The Morgan fingerprint density at radius 3 is 2.31 bits per heavy atom. The molecular weight excluding hydrogens is 318 g/mol. The van der Waals surface area contributed by atoms with Gasteiger partial charge < -0.3 is 10.1 Å². The van der Waals surface area contributed by atoms with Crippen molar-refractivity contribution < 1.29 is 4.74 Å². The molecule has 0 fully saturated rings. The van der Waals surface area contributed by atoms with Gasteiger partial charge >= 0.3 is 0 Å². The van der Waals surface area contributed by atoms with Gasteiger partial charge in [-0.2, -0.15) is 0 Å². The molecule has 0 unspecified atom stereocenters. The molecule has 0 saturated heterocycles. The van der Waals surface area contributed by atoms with Crippen LogP contribution < -0.4 is 5.32 Å². The molecule has 0 aliphatic heterocycles. The maximum absolute atomic E-state index is 5.91. The zero-order chi connectivity index (χ0) is 18.7. The van der Waals surface area contributed by atoms with E-state index >= 15 is 0 Å². The number of anilines is 2. The van der Waals surface area contributed by atoms with Crippen LogP contribution in [0.1, 0.15) is 58.4 Å². The van der Waals surface area contributed by atoms with Crippen LogP contribution in [0, 0.1) is 5.41 Å². The molecular formula is C24H35NO. The quantitative estimate of drug-likeness (QED) is 0.415. The summed E-state index contributed by atoms with van der Waals surface area (Å²) in [5.41, 5.74) is 4.05. The molecule has 2 aromatic rings. The van der Waals surface area contributed by atoms with Crippen LogP contribution in [-0.4, -0.2) is 13.2 Å². The largest absolute Gasteiger partial charge is 0.381 e. The highest BCUT2D eigenvalue weighted by molar-refractivity contribution is 5.59. The lowest BCUT2D eigenvalue weighted by Crippen LogP contribution is -2.21. The van der Waals surface area contributed by atoms with Gasteiger partial charge in [0, 0.05) is 18.0 Å². The molecule has 2 heteroatoms. The van der Waals surface area contributed by atoms with Gasteiger partial charge in [0.2, 0.25) is 0 Å². The number of unbranched alkanes of at least 4 members (excludes halogenated alkanes) is 2. The molecule has 0 aliphatic rings. The zero-order valence-electron chi connectivity index (χ0n) is 16.8. The Labute approximate surface area is 160 Å². The molecule has 0 aromatic heterocycles. The van der Waals surface area contributed by atoms with Gasteiger partial charge in [-0.3, -0.25) is 0 Å². The van der Waals surface area contributed by atoms with E-state index in [1.807, 2.05) is 6.07 Å². The van der Waals surface area contributed by atoms with E-state index in [1.165, 1.54) is 31.2 Å². The van der Waals surface area contributed by atoms with Gasteiger partial charge in [0.1, 0.15) is 0 Å². The van der Waals surface area contributed by atoms with E-state index in [9.17, 15) is 0 Å². The fraction of sp³-hybridized carbons (Fsp3) is 0.500. The molecule has 0 atom stereocenters. The summed E-state index contributed by atoms with van der Waals surface area (Å²) in [7, 11) is 0. The second-order valence-corrected chi connectivity index (χ2v) is 7.57. The van der Waals surface area contributed by atoms with Gasteiger partial charge in [0.15, 0.2) is 0 Å². The van der Waals surface area contributed by atoms with Crippen molar-refractivity contribution >= 4 is 11.4 Å². The van der Waals surface area contributed by atoms with Crippen LogP contribution in [0.5, 0.6) is 0 Å². The van der Waals surface area contributed by atoms with E-state index in [0.717, 1.165) is 37.4 Å². The van der Waals surface area contributed by atoms with Crippen molar-refractivity contribution in [3.8, 4) is 0 Å². The van der Waals surface area contributed by atoms with Crippen molar-refractivity contribution in [1.82, 2.24) is 0 Å². The molecule has 1 N–H and O–H groups in total. The first-order valence-corrected chi connectivity index (χ1v) is 10.1. The third-order valence-electron chi connectivity index (χ3n) is 5.40. The van der Waals surface area contributed by atoms with Crippen LogP contribution in [0.25, 0.3) is 0 Å². The molecule has 0 spiro atoms. The van der Waals surface area contributed by atoms with E-state index in [-0.39, 0.29) is 0 Å². The maximum atomic E-state index is 5.91. The number of ether oxygens (including phenoxy) is 1. The van der Waals surface area contributed by atoms with Gasteiger partial charge in [0.05, 0.1) is 6.61 Å². The Hall–Kier alpha value is -1.80. The highest BCUT2D eigenvalue weighted by Gasteiger charge is 2.19. The van der Waals surface area contributed by atoms with Crippen molar-refractivity contribution in [2.24, 2.45) is 5.41 Å². The molecule has 0 radical (unpaired) electrons. The normalized spacial score (nSPS) is 11.5. The fourth-order valence-electron chi connectivity index (χ4n) is 2.98. The Morgan fingerprint density at radius 2 is 1.58 bits per heavy atom. The summed E-state index contributed by atoms with van der Waals surface area (Å²) in [5.74, 6) is 0. The minimum absolute atomic E-state index is 0.353. The Balaban J connectivity index is 1.65. The number of rotatable bonds is 12. The summed E-state index contributed by atoms with van der Waals surface area (Å²) in [4.78, 5) is 0. The number of hydrogen-bond donors (Lipinski definition) is 1. The minimum atomic E-state index is 0.353. The topological polar surface area (TPSA) is 21.3 Å². The monoisotopic (exact) mass is 353 g/mol. The molecule has 0 bridgehead atoms. The van der Waals surface area contributed by atoms with Crippen LogP contribution >= 0.6 is 0 Å². The number of aryl methyl sites for hydroxylation is 1. The predicted octanol–water partition coefficient (Wildman–Crippen LogP) is 6.99. The summed E-state index contributed by atoms with van der Waals surface area (Å²) in [6.45, 7) is 8.63. The first-order chi connectivity index (χ1) is 12.6. The van der Waals surface area contributed by atoms with Crippen LogP contribution in [-0.2, 0) is 11.2 Å². The first-order valence-electron chi connectivity index (χ1n) is 10.1. The van der Waals surface area contributed by atoms with E-state index < -0.39 is 0 Å². The van der Waals surface area contributed by atoms with Crippen LogP contribution in [0.4, 0.5) is 11.4 Å². The van der Waals surface area contributed by atoms with Crippen molar-refractivity contribution in [2.45, 2.75) is 59.3 Å². The van der Waals surface area contributed by atoms with Crippen molar-refractivity contribution in [1.29, 1.82) is 0 Å². The summed E-state index contributed by atoms with van der Waals surface area (Å²) in [6, 6.07) is 19.1. The molecule has 0 amide bonds. The van der Waals surface area contributed by atoms with E-state index in [2.05, 4.69) is 74.6 Å². The average Bonchev–Trinajstić information content (AvgIpc) is 2.68. The lowest BCUT2D eigenvalue weighted by molar-refractivity contribution is 0.0463. The maximum Gasteiger partial charge on any atom is 0.0519 e. The molecule has 2 rings (SSSR count). The summed E-state index contributed by atoms with van der Waals surface area (Å²) < 4.78 is 5.91. The van der Waals surface area contributed by atoms with E-state index in [4.69, 9.17) is 4.74 Å². The number of nitrogens with one attached hydrogen (secondary N) is 1. The van der Waals surface area contributed by atoms with E-state index in [0.29, 0.717) is 5.41 Å². The molecule has 0 aliphatic carbocycles. The van der Waals surface area contributed by atoms with Gasteiger partial charge in [0.25, 0.3) is 0 Å². The lowest BCUT2D eigenvalue weighted by atomic mass is 9.86. The third kappa shape index (κ3) is 7.21. The fourth-order valence-corrected chi connectivity index (χ4v) is 2.98. The number of para-hydroxylation sites is 1. The van der Waals surface area contributed by atoms with Gasteiger partial charge in [-0.15, -0.1) is 0 Å². The average molecular weight is 354 g/mol. The molecule has 2 nitrogen and oxygen atoms in total. The van der Waals surface area contributed by atoms with Crippen molar-refractivity contribution in [3.63, 3.8) is 0 Å². The summed E-state index contributed by atoms with van der Waals surface area (Å²) in [6.07, 6.45) is 7.12. The second-order valence-electron chi connectivity index (χ2n) is 7.57. The zero-order valence-corrected chi connectivity index (χ0v) is 16.8. The smallest absolute Gasteiger partial charge is 0.0519 e.